The highest BCUT2D eigenvalue weighted by molar-refractivity contribution is 7.08. The molecule has 0 saturated carbocycles. The molecular weight excluding hydrogens is 410 g/mol. The predicted octanol–water partition coefficient (Wildman–Crippen LogP) is 4.42. The average Bonchev–Trinajstić information content (AvgIpc) is 3.30. The number of thiophene rings is 1. The highest BCUT2D eigenvalue weighted by Crippen LogP contribution is 2.29. The number of aromatic nitrogens is 1. The van der Waals surface area contributed by atoms with Crippen molar-refractivity contribution < 1.29 is 14.3 Å². The fraction of sp³-hybridized carbons (Fsp3) is 0.286. The Labute approximate surface area is 177 Å². The Hall–Kier alpha value is -2.64. The van der Waals surface area contributed by atoms with Crippen molar-refractivity contribution in [1.29, 1.82) is 0 Å². The van der Waals surface area contributed by atoms with Gasteiger partial charge >= 0.3 is 5.97 Å². The van der Waals surface area contributed by atoms with Gasteiger partial charge in [0.1, 0.15) is 12.1 Å². The summed E-state index contributed by atoms with van der Waals surface area (Å²) in [4.78, 5) is 20.8. The van der Waals surface area contributed by atoms with E-state index in [1.807, 2.05) is 22.9 Å². The lowest BCUT2D eigenvalue weighted by molar-refractivity contribution is -0.138. The number of carboxylic acids is 1. The molecule has 0 fully saturated rings. The SMILES string of the molecule is CC1(C)Cc2cc(Cl)ccc2C(=NC(Cc2cscc2-c2ncco2)C(=O)O)N1. The number of fused-ring (bicyclic) bond motifs is 1. The number of nitrogens with zero attached hydrogens (tertiary/aromatic N) is 2. The van der Waals surface area contributed by atoms with Crippen molar-refractivity contribution in [2.45, 2.75) is 38.3 Å². The average molecular weight is 430 g/mol. The summed E-state index contributed by atoms with van der Waals surface area (Å²) in [6, 6.07) is 4.66. The van der Waals surface area contributed by atoms with Crippen LogP contribution in [-0.4, -0.2) is 33.5 Å². The van der Waals surface area contributed by atoms with E-state index in [1.54, 1.807) is 12.3 Å². The largest absolute Gasteiger partial charge is 0.480 e. The molecule has 150 valence electrons. The number of aliphatic carboxylic acids is 1. The molecule has 3 heterocycles. The molecule has 0 aliphatic carbocycles. The van der Waals surface area contributed by atoms with Crippen molar-refractivity contribution in [3.63, 3.8) is 0 Å². The summed E-state index contributed by atoms with van der Waals surface area (Å²) in [5, 5.41) is 17.7. The van der Waals surface area contributed by atoms with Crippen LogP contribution in [0.5, 0.6) is 0 Å². The normalized spacial score (nSPS) is 17.6. The zero-order valence-corrected chi connectivity index (χ0v) is 17.5. The van der Waals surface area contributed by atoms with E-state index in [-0.39, 0.29) is 12.0 Å². The summed E-state index contributed by atoms with van der Waals surface area (Å²) in [7, 11) is 0. The quantitative estimate of drug-likeness (QED) is 0.626. The molecule has 4 rings (SSSR count). The molecule has 29 heavy (non-hydrogen) atoms. The third kappa shape index (κ3) is 4.21. The lowest BCUT2D eigenvalue weighted by atomic mass is 9.87. The molecule has 6 nitrogen and oxygen atoms in total. The first-order valence-electron chi connectivity index (χ1n) is 9.15. The number of oxazole rings is 1. The second kappa shape index (κ2) is 7.65. The van der Waals surface area contributed by atoms with Crippen LogP contribution in [0.1, 0.15) is 30.5 Å². The van der Waals surface area contributed by atoms with E-state index in [1.165, 1.54) is 17.6 Å². The van der Waals surface area contributed by atoms with Gasteiger partial charge in [0.25, 0.3) is 0 Å². The van der Waals surface area contributed by atoms with Crippen molar-refractivity contribution in [1.82, 2.24) is 10.3 Å². The predicted molar refractivity (Wildman–Crippen MR) is 114 cm³/mol. The number of nitrogens with one attached hydrogen (secondary N) is 1. The molecule has 3 aromatic rings. The van der Waals surface area contributed by atoms with E-state index in [0.29, 0.717) is 16.7 Å². The van der Waals surface area contributed by atoms with Crippen molar-refractivity contribution in [2.24, 2.45) is 4.99 Å². The summed E-state index contributed by atoms with van der Waals surface area (Å²) in [5.41, 5.74) is 3.33. The van der Waals surface area contributed by atoms with Crippen LogP contribution in [0.3, 0.4) is 0 Å². The molecule has 2 aromatic heterocycles. The number of amidine groups is 1. The highest BCUT2D eigenvalue weighted by Gasteiger charge is 2.30. The molecule has 1 aromatic carbocycles. The minimum absolute atomic E-state index is 0.241. The van der Waals surface area contributed by atoms with Gasteiger partial charge in [0, 0.05) is 27.9 Å². The highest BCUT2D eigenvalue weighted by atomic mass is 35.5. The molecule has 1 aliphatic heterocycles. The van der Waals surface area contributed by atoms with Gasteiger partial charge in [0.15, 0.2) is 6.04 Å². The standard InChI is InChI=1S/C21H20ClN3O3S/c1-21(2)9-12-7-14(22)3-4-15(12)18(25-21)24-17(20(26)27)8-13-10-29-11-16(13)19-23-5-6-28-19/h3-7,10-11,17H,8-9H2,1-2H3,(H,24,25)(H,26,27). The van der Waals surface area contributed by atoms with Crippen molar-refractivity contribution >= 4 is 34.7 Å². The minimum Gasteiger partial charge on any atom is -0.480 e. The van der Waals surface area contributed by atoms with Crippen molar-refractivity contribution in [3.05, 3.63) is 63.1 Å². The molecule has 0 saturated heterocycles. The number of rotatable bonds is 5. The Morgan fingerprint density at radius 2 is 2.24 bits per heavy atom. The van der Waals surface area contributed by atoms with Gasteiger partial charge in [0.05, 0.1) is 11.8 Å². The van der Waals surface area contributed by atoms with E-state index in [4.69, 9.17) is 16.0 Å². The van der Waals surface area contributed by atoms with Crippen LogP contribution in [0.15, 0.2) is 50.8 Å². The summed E-state index contributed by atoms with van der Waals surface area (Å²) in [5.74, 6) is 0.0749. The topological polar surface area (TPSA) is 87.7 Å². The van der Waals surface area contributed by atoms with Crippen LogP contribution in [0.25, 0.3) is 11.5 Å². The maximum Gasteiger partial charge on any atom is 0.328 e. The van der Waals surface area contributed by atoms with Gasteiger partial charge in [-0.3, -0.25) is 4.99 Å². The zero-order valence-electron chi connectivity index (χ0n) is 16.0. The smallest absolute Gasteiger partial charge is 0.328 e. The number of carboxylic acid groups (broad SMARTS) is 1. The summed E-state index contributed by atoms with van der Waals surface area (Å²) < 4.78 is 5.38. The van der Waals surface area contributed by atoms with Gasteiger partial charge in [0.2, 0.25) is 5.89 Å². The third-order valence-corrected chi connectivity index (χ3v) is 5.83. The van der Waals surface area contributed by atoms with Crippen LogP contribution in [0.2, 0.25) is 5.02 Å². The van der Waals surface area contributed by atoms with Crippen LogP contribution in [-0.2, 0) is 17.6 Å². The first kappa shape index (κ1) is 19.7. The second-order valence-electron chi connectivity index (χ2n) is 7.67. The van der Waals surface area contributed by atoms with Gasteiger partial charge in [-0.2, -0.15) is 11.3 Å². The molecule has 0 radical (unpaired) electrons. The second-order valence-corrected chi connectivity index (χ2v) is 8.85. The first-order valence-corrected chi connectivity index (χ1v) is 10.5. The number of hydrogen-bond donors (Lipinski definition) is 2. The monoisotopic (exact) mass is 429 g/mol. The lowest BCUT2D eigenvalue weighted by Gasteiger charge is -2.35. The summed E-state index contributed by atoms with van der Waals surface area (Å²) >= 11 is 7.65. The first-order chi connectivity index (χ1) is 13.8. The Morgan fingerprint density at radius 3 is 2.97 bits per heavy atom. The van der Waals surface area contributed by atoms with Gasteiger partial charge in [-0.05, 0) is 55.0 Å². The number of benzene rings is 1. The van der Waals surface area contributed by atoms with E-state index in [0.717, 1.165) is 28.7 Å². The number of carbonyl (C=O) groups is 1. The Balaban J connectivity index is 1.70. The molecule has 8 heteroatoms. The fourth-order valence-electron chi connectivity index (χ4n) is 3.53. The van der Waals surface area contributed by atoms with Gasteiger partial charge in [-0.1, -0.05) is 11.6 Å². The Morgan fingerprint density at radius 1 is 1.41 bits per heavy atom. The molecule has 1 aliphatic rings. The van der Waals surface area contributed by atoms with Gasteiger partial charge in [-0.25, -0.2) is 9.78 Å². The van der Waals surface area contributed by atoms with E-state index >= 15 is 0 Å². The maximum absolute atomic E-state index is 12.0. The van der Waals surface area contributed by atoms with Gasteiger partial charge < -0.3 is 14.8 Å². The fourth-order valence-corrected chi connectivity index (χ4v) is 4.57. The van der Waals surface area contributed by atoms with E-state index in [2.05, 4.69) is 29.1 Å². The molecule has 2 N–H and O–H groups in total. The minimum atomic E-state index is -0.984. The molecule has 0 bridgehead atoms. The van der Waals surface area contributed by atoms with Crippen molar-refractivity contribution in [2.75, 3.05) is 0 Å². The van der Waals surface area contributed by atoms with Gasteiger partial charge in [-0.15, -0.1) is 0 Å². The molecule has 0 spiro atoms. The number of hydrogen-bond acceptors (Lipinski definition) is 5. The van der Waals surface area contributed by atoms with Crippen LogP contribution in [0.4, 0.5) is 0 Å². The Kier molecular flexibility index (Phi) is 5.19. The van der Waals surface area contributed by atoms with Crippen LogP contribution >= 0.6 is 22.9 Å². The molecule has 0 amide bonds. The lowest BCUT2D eigenvalue weighted by Crippen LogP contribution is -2.50. The maximum atomic E-state index is 12.0. The molecule has 1 unspecified atom stereocenters. The van der Waals surface area contributed by atoms with Crippen molar-refractivity contribution in [3.8, 4) is 11.5 Å². The van der Waals surface area contributed by atoms with E-state index in [9.17, 15) is 9.90 Å². The van der Waals surface area contributed by atoms with E-state index < -0.39 is 12.0 Å². The zero-order chi connectivity index (χ0) is 20.6. The van der Waals surface area contributed by atoms with Crippen LogP contribution in [0, 0.1) is 0 Å². The number of aliphatic imine (C=N–C) groups is 1. The summed E-state index contributed by atoms with van der Waals surface area (Å²) in [6.45, 7) is 4.11. The van der Waals surface area contributed by atoms with Crippen LogP contribution < -0.4 is 5.32 Å². The summed E-state index contributed by atoms with van der Waals surface area (Å²) in [6.07, 6.45) is 4.09. The molecular formula is C21H20ClN3O3S. The number of halogens is 1. The Bertz CT molecular complexity index is 1070. The third-order valence-electron chi connectivity index (χ3n) is 4.80. The molecule has 1 atom stereocenters.